The number of benzene rings is 1. The van der Waals surface area contributed by atoms with Crippen LogP contribution in [-0.2, 0) is 9.53 Å². The van der Waals surface area contributed by atoms with Crippen LogP contribution in [0.5, 0.6) is 0 Å². The highest BCUT2D eigenvalue weighted by atomic mass is 16.5. The molecule has 4 heteroatoms. The number of rotatable bonds is 3. The Balaban J connectivity index is 2.08. The quantitative estimate of drug-likeness (QED) is 0.803. The number of fused-ring (bicyclic) bond motifs is 1. The van der Waals surface area contributed by atoms with E-state index in [-0.39, 0.29) is 12.0 Å². The molecule has 0 saturated heterocycles. The molecular formula is C19H23NO3. The van der Waals surface area contributed by atoms with Crippen LogP contribution < -0.4 is 0 Å². The number of esters is 1. The van der Waals surface area contributed by atoms with Crippen molar-refractivity contribution in [1.82, 2.24) is 4.57 Å². The van der Waals surface area contributed by atoms with E-state index in [9.17, 15) is 9.59 Å². The van der Waals surface area contributed by atoms with Gasteiger partial charge in [0.05, 0.1) is 12.7 Å². The fourth-order valence-corrected chi connectivity index (χ4v) is 3.93. The number of hydrogen-bond acceptors (Lipinski definition) is 3. The van der Waals surface area contributed by atoms with E-state index in [4.69, 9.17) is 4.74 Å². The third kappa shape index (κ3) is 2.67. The van der Waals surface area contributed by atoms with E-state index in [0.717, 1.165) is 29.4 Å². The fraction of sp³-hybridized carbons (Fsp3) is 0.474. The van der Waals surface area contributed by atoms with Crippen molar-refractivity contribution in [2.75, 3.05) is 7.11 Å². The number of ether oxygens (including phenoxy) is 1. The van der Waals surface area contributed by atoms with E-state index in [1.807, 2.05) is 25.1 Å². The number of nitrogens with zero attached hydrogens (tertiary/aromatic N) is 1. The van der Waals surface area contributed by atoms with Gasteiger partial charge in [0.2, 0.25) is 0 Å². The van der Waals surface area contributed by atoms with Crippen LogP contribution in [0.3, 0.4) is 0 Å². The highest BCUT2D eigenvalue weighted by Gasteiger charge is 2.29. The summed E-state index contributed by atoms with van der Waals surface area (Å²) in [5, 5.41) is 0.940. The molecule has 23 heavy (non-hydrogen) atoms. The predicted molar refractivity (Wildman–Crippen MR) is 89.7 cm³/mol. The highest BCUT2D eigenvalue weighted by molar-refractivity contribution is 6.05. The zero-order valence-electron chi connectivity index (χ0n) is 14.0. The molecule has 1 unspecified atom stereocenters. The van der Waals surface area contributed by atoms with Gasteiger partial charge in [0.1, 0.15) is 5.78 Å². The third-order valence-corrected chi connectivity index (χ3v) is 5.22. The molecule has 0 amide bonds. The molecule has 122 valence electrons. The van der Waals surface area contributed by atoms with E-state index >= 15 is 0 Å². The van der Waals surface area contributed by atoms with Crippen molar-refractivity contribution in [1.29, 1.82) is 0 Å². The van der Waals surface area contributed by atoms with Crippen molar-refractivity contribution in [3.05, 3.63) is 35.5 Å². The number of methoxy groups -OCH3 is 1. The average molecular weight is 313 g/mol. The van der Waals surface area contributed by atoms with Crippen molar-refractivity contribution >= 4 is 22.7 Å². The van der Waals surface area contributed by atoms with Gasteiger partial charge in [0.25, 0.3) is 0 Å². The summed E-state index contributed by atoms with van der Waals surface area (Å²) in [5.41, 5.74) is 2.67. The smallest absolute Gasteiger partial charge is 0.340 e. The number of para-hydroxylation sites is 1. The molecule has 1 aliphatic carbocycles. The summed E-state index contributed by atoms with van der Waals surface area (Å²) in [7, 11) is 1.42. The lowest BCUT2D eigenvalue weighted by atomic mass is 9.83. The molecule has 0 aliphatic heterocycles. The number of Topliss-reactive ketones (excluding diaryl/α,β-unsaturated/α-hetero) is 1. The SMILES string of the molecule is COC(=O)c1c(C)n(C(C)C2CCC(=O)CC2)c2ccccc12. The van der Waals surface area contributed by atoms with Crippen LogP contribution in [0.25, 0.3) is 10.9 Å². The zero-order chi connectivity index (χ0) is 16.6. The number of aromatic nitrogens is 1. The van der Waals surface area contributed by atoms with Gasteiger partial charge in [-0.2, -0.15) is 0 Å². The molecule has 3 rings (SSSR count). The Morgan fingerprint density at radius 2 is 1.91 bits per heavy atom. The molecule has 0 bridgehead atoms. The maximum atomic E-state index is 12.2. The van der Waals surface area contributed by atoms with Gasteiger partial charge < -0.3 is 9.30 Å². The normalized spacial score (nSPS) is 17.4. The molecule has 0 N–H and O–H groups in total. The monoisotopic (exact) mass is 313 g/mol. The molecule has 1 saturated carbocycles. The van der Waals surface area contributed by atoms with Crippen LogP contribution >= 0.6 is 0 Å². The molecule has 1 heterocycles. The summed E-state index contributed by atoms with van der Waals surface area (Å²) < 4.78 is 7.23. The van der Waals surface area contributed by atoms with Gasteiger partial charge in [-0.1, -0.05) is 18.2 Å². The minimum atomic E-state index is -0.288. The average Bonchev–Trinajstić information content (AvgIpc) is 2.86. The molecule has 0 spiro atoms. The first-order chi connectivity index (χ1) is 11.0. The Morgan fingerprint density at radius 1 is 1.26 bits per heavy atom. The third-order valence-electron chi connectivity index (χ3n) is 5.22. The molecule has 1 aromatic carbocycles. The first-order valence-electron chi connectivity index (χ1n) is 8.24. The van der Waals surface area contributed by atoms with Crippen LogP contribution in [-0.4, -0.2) is 23.4 Å². The summed E-state index contributed by atoms with van der Waals surface area (Å²) >= 11 is 0. The van der Waals surface area contributed by atoms with Gasteiger partial charge in [-0.3, -0.25) is 4.79 Å². The second-order valence-corrected chi connectivity index (χ2v) is 6.46. The summed E-state index contributed by atoms with van der Waals surface area (Å²) in [6.07, 6.45) is 3.22. The largest absolute Gasteiger partial charge is 0.465 e. The minimum Gasteiger partial charge on any atom is -0.465 e. The Kier molecular flexibility index (Phi) is 4.24. The van der Waals surface area contributed by atoms with E-state index in [2.05, 4.69) is 17.6 Å². The number of carbonyl (C=O) groups excluding carboxylic acids is 2. The minimum absolute atomic E-state index is 0.256. The maximum absolute atomic E-state index is 12.2. The second kappa shape index (κ2) is 6.19. The Labute approximate surface area is 136 Å². The molecule has 1 aliphatic rings. The van der Waals surface area contributed by atoms with Gasteiger partial charge >= 0.3 is 5.97 Å². The van der Waals surface area contributed by atoms with E-state index in [0.29, 0.717) is 30.1 Å². The molecule has 1 aromatic heterocycles. The zero-order valence-corrected chi connectivity index (χ0v) is 14.0. The number of carbonyl (C=O) groups is 2. The lowest BCUT2D eigenvalue weighted by Gasteiger charge is -2.30. The van der Waals surface area contributed by atoms with Crippen LogP contribution in [0, 0.1) is 12.8 Å². The molecular weight excluding hydrogens is 290 g/mol. The van der Waals surface area contributed by atoms with Crippen molar-refractivity contribution in [3.8, 4) is 0 Å². The van der Waals surface area contributed by atoms with Crippen LogP contribution in [0.15, 0.2) is 24.3 Å². The fourth-order valence-electron chi connectivity index (χ4n) is 3.93. The Morgan fingerprint density at radius 3 is 2.57 bits per heavy atom. The maximum Gasteiger partial charge on any atom is 0.340 e. The predicted octanol–water partition coefficient (Wildman–Crippen LogP) is 4.06. The van der Waals surface area contributed by atoms with Crippen molar-refractivity contribution in [2.45, 2.75) is 45.6 Å². The number of hydrogen-bond donors (Lipinski definition) is 0. The summed E-state index contributed by atoms with van der Waals surface area (Å²) in [5.74, 6) is 0.550. The number of ketones is 1. The van der Waals surface area contributed by atoms with Gasteiger partial charge in [-0.05, 0) is 38.7 Å². The summed E-state index contributed by atoms with van der Waals surface area (Å²) in [6, 6.07) is 8.23. The van der Waals surface area contributed by atoms with Gasteiger partial charge in [0.15, 0.2) is 0 Å². The van der Waals surface area contributed by atoms with Crippen LogP contribution in [0.4, 0.5) is 0 Å². The second-order valence-electron chi connectivity index (χ2n) is 6.46. The molecule has 1 atom stereocenters. The van der Waals surface area contributed by atoms with E-state index < -0.39 is 0 Å². The van der Waals surface area contributed by atoms with Crippen molar-refractivity contribution in [2.24, 2.45) is 5.92 Å². The molecule has 0 radical (unpaired) electrons. The first-order valence-corrected chi connectivity index (χ1v) is 8.24. The lowest BCUT2D eigenvalue weighted by Crippen LogP contribution is -2.23. The summed E-state index contributed by atoms with van der Waals surface area (Å²) in [6.45, 7) is 4.18. The summed E-state index contributed by atoms with van der Waals surface area (Å²) in [4.78, 5) is 23.7. The molecule has 4 nitrogen and oxygen atoms in total. The Hall–Kier alpha value is -2.10. The standard InChI is InChI=1S/C19H23NO3/c1-12(14-8-10-15(21)11-9-14)20-13(2)18(19(22)23-3)16-6-4-5-7-17(16)20/h4-7,12,14H,8-11H2,1-3H3. The first kappa shape index (κ1) is 15.8. The Bertz CT molecular complexity index is 749. The lowest BCUT2D eigenvalue weighted by molar-refractivity contribution is -0.121. The van der Waals surface area contributed by atoms with Gasteiger partial charge in [-0.25, -0.2) is 4.79 Å². The highest BCUT2D eigenvalue weighted by Crippen LogP contribution is 2.37. The van der Waals surface area contributed by atoms with E-state index in [1.165, 1.54) is 7.11 Å². The molecule has 1 fully saturated rings. The topological polar surface area (TPSA) is 48.3 Å². The van der Waals surface area contributed by atoms with E-state index in [1.54, 1.807) is 0 Å². The molecule has 2 aromatic rings. The van der Waals surface area contributed by atoms with Gasteiger partial charge in [-0.15, -0.1) is 0 Å². The van der Waals surface area contributed by atoms with Crippen LogP contribution in [0.2, 0.25) is 0 Å². The van der Waals surface area contributed by atoms with Crippen LogP contribution in [0.1, 0.15) is 54.7 Å². The van der Waals surface area contributed by atoms with Gasteiger partial charge in [0, 0.05) is 35.5 Å². The van der Waals surface area contributed by atoms with Crippen molar-refractivity contribution < 1.29 is 14.3 Å². The van der Waals surface area contributed by atoms with Crippen molar-refractivity contribution in [3.63, 3.8) is 0 Å².